The number of piperidine rings is 2. The summed E-state index contributed by atoms with van der Waals surface area (Å²) in [6.45, 7) is 3.16. The molecule has 7 nitrogen and oxygen atoms in total. The van der Waals surface area contributed by atoms with Crippen molar-refractivity contribution < 1.29 is 14.4 Å². The normalized spacial score (nSPS) is 20.5. The van der Waals surface area contributed by atoms with Gasteiger partial charge in [0, 0.05) is 31.9 Å². The van der Waals surface area contributed by atoms with E-state index in [2.05, 4.69) is 4.90 Å². The predicted octanol–water partition coefficient (Wildman–Crippen LogP) is 3.04. The minimum absolute atomic E-state index is 0.0138. The molecule has 4 heterocycles. The summed E-state index contributed by atoms with van der Waals surface area (Å²) in [7, 11) is 0. The van der Waals surface area contributed by atoms with Crippen molar-refractivity contribution in [2.24, 2.45) is 0 Å². The molecule has 0 atom stereocenters. The maximum Gasteiger partial charge on any atom is 0.263 e. The lowest BCUT2D eigenvalue weighted by Gasteiger charge is -2.43. The van der Waals surface area contributed by atoms with Crippen LogP contribution in [0, 0.1) is 0 Å². The summed E-state index contributed by atoms with van der Waals surface area (Å²) in [5, 5.41) is 1.91. The second kappa shape index (κ2) is 9.17. The molecule has 0 saturated carbocycles. The van der Waals surface area contributed by atoms with Crippen LogP contribution in [0.1, 0.15) is 41.8 Å². The van der Waals surface area contributed by atoms with Crippen LogP contribution in [0.2, 0.25) is 0 Å². The molecule has 2 aromatic rings. The number of anilines is 1. The number of nitrogens with zero attached hydrogens (tertiary/aromatic N) is 4. The Morgan fingerprint density at radius 2 is 1.61 bits per heavy atom. The van der Waals surface area contributed by atoms with Crippen LogP contribution in [0.3, 0.4) is 0 Å². The van der Waals surface area contributed by atoms with Gasteiger partial charge in [0.15, 0.2) is 0 Å². The number of amides is 3. The molecule has 0 aliphatic carbocycles. The van der Waals surface area contributed by atoms with E-state index in [1.54, 1.807) is 4.90 Å². The first-order valence-electron chi connectivity index (χ1n) is 11.8. The van der Waals surface area contributed by atoms with Gasteiger partial charge in [-0.3, -0.25) is 14.4 Å². The molecular formula is C25H30N4O3S. The van der Waals surface area contributed by atoms with E-state index < -0.39 is 5.54 Å². The zero-order valence-corrected chi connectivity index (χ0v) is 19.6. The van der Waals surface area contributed by atoms with Crippen LogP contribution in [-0.2, 0) is 9.59 Å². The van der Waals surface area contributed by atoms with E-state index in [-0.39, 0.29) is 24.3 Å². The fourth-order valence-electron chi connectivity index (χ4n) is 5.36. The van der Waals surface area contributed by atoms with Gasteiger partial charge in [-0.2, -0.15) is 0 Å². The third kappa shape index (κ3) is 4.12. The molecule has 1 aromatic heterocycles. The zero-order chi connectivity index (χ0) is 22.8. The van der Waals surface area contributed by atoms with E-state index in [4.69, 9.17) is 0 Å². The fraction of sp³-hybridized carbons (Fsp3) is 0.480. The first-order valence-corrected chi connectivity index (χ1v) is 12.7. The average molecular weight is 467 g/mol. The second-order valence-corrected chi connectivity index (χ2v) is 10.1. The molecule has 3 saturated heterocycles. The number of likely N-dealkylation sites (tertiary alicyclic amines) is 2. The Hall–Kier alpha value is -2.87. The Kier molecular flexibility index (Phi) is 6.10. The van der Waals surface area contributed by atoms with Crippen molar-refractivity contribution in [1.82, 2.24) is 14.7 Å². The number of carbonyl (C=O) groups is 3. The van der Waals surface area contributed by atoms with Crippen LogP contribution in [0.4, 0.5) is 5.69 Å². The topological polar surface area (TPSA) is 64.2 Å². The molecular weight excluding hydrogens is 436 g/mol. The third-order valence-electron chi connectivity index (χ3n) is 7.23. The van der Waals surface area contributed by atoms with Crippen LogP contribution < -0.4 is 4.90 Å². The van der Waals surface area contributed by atoms with Gasteiger partial charge >= 0.3 is 0 Å². The Bertz CT molecular complexity index is 996. The van der Waals surface area contributed by atoms with Gasteiger partial charge in [-0.25, -0.2) is 0 Å². The lowest BCUT2D eigenvalue weighted by molar-refractivity contribution is -0.141. The van der Waals surface area contributed by atoms with Crippen LogP contribution >= 0.6 is 11.3 Å². The highest BCUT2D eigenvalue weighted by atomic mass is 32.1. The van der Waals surface area contributed by atoms with Gasteiger partial charge in [-0.15, -0.1) is 11.3 Å². The van der Waals surface area contributed by atoms with Crippen molar-refractivity contribution in [1.29, 1.82) is 0 Å². The van der Waals surface area contributed by atoms with Crippen LogP contribution in [0.25, 0.3) is 0 Å². The molecule has 33 heavy (non-hydrogen) atoms. The number of hydrogen-bond donors (Lipinski definition) is 0. The van der Waals surface area contributed by atoms with Crippen molar-refractivity contribution in [2.75, 3.05) is 44.3 Å². The molecule has 3 amide bonds. The number of carbonyl (C=O) groups excluding carboxylic acids is 3. The Morgan fingerprint density at radius 1 is 0.879 bits per heavy atom. The van der Waals surface area contributed by atoms with Gasteiger partial charge in [0.25, 0.3) is 11.8 Å². The van der Waals surface area contributed by atoms with Crippen molar-refractivity contribution in [3.05, 3.63) is 52.7 Å². The Morgan fingerprint density at radius 3 is 2.27 bits per heavy atom. The second-order valence-electron chi connectivity index (χ2n) is 9.15. The minimum Gasteiger partial charge on any atom is -0.341 e. The maximum atomic E-state index is 13.8. The molecule has 8 heteroatoms. The largest absolute Gasteiger partial charge is 0.341 e. The van der Waals surface area contributed by atoms with Crippen molar-refractivity contribution >= 4 is 34.7 Å². The summed E-state index contributed by atoms with van der Waals surface area (Å²) in [6, 6.07) is 13.7. The SMILES string of the molecule is O=C(CN1CN(c2ccccc2)C2(CCN(C(=O)c3cccs3)CC2)C1=O)N1CCCCC1. The number of para-hydroxylation sites is 1. The molecule has 0 N–H and O–H groups in total. The summed E-state index contributed by atoms with van der Waals surface area (Å²) in [6.07, 6.45) is 4.36. The highest BCUT2D eigenvalue weighted by molar-refractivity contribution is 7.12. The maximum absolute atomic E-state index is 13.8. The van der Waals surface area contributed by atoms with Crippen LogP contribution in [0.5, 0.6) is 0 Å². The average Bonchev–Trinajstić information content (AvgIpc) is 3.49. The molecule has 0 bridgehead atoms. The zero-order valence-electron chi connectivity index (χ0n) is 18.8. The number of benzene rings is 1. The number of thiophene rings is 1. The summed E-state index contributed by atoms with van der Waals surface area (Å²) in [4.78, 5) is 48.0. The first-order chi connectivity index (χ1) is 16.1. The molecule has 174 valence electrons. The fourth-order valence-corrected chi connectivity index (χ4v) is 6.06. The number of hydrogen-bond acceptors (Lipinski definition) is 5. The van der Waals surface area contributed by atoms with Gasteiger partial charge in [0.2, 0.25) is 5.91 Å². The lowest BCUT2D eigenvalue weighted by atomic mass is 9.85. The summed E-state index contributed by atoms with van der Waals surface area (Å²) < 4.78 is 0. The molecule has 3 aliphatic rings. The van der Waals surface area contributed by atoms with Crippen LogP contribution in [-0.4, -0.2) is 77.4 Å². The quantitative estimate of drug-likeness (QED) is 0.695. The monoisotopic (exact) mass is 466 g/mol. The summed E-state index contributed by atoms with van der Waals surface area (Å²) in [5.41, 5.74) is 0.271. The van der Waals surface area contributed by atoms with E-state index >= 15 is 0 Å². The van der Waals surface area contributed by atoms with Gasteiger partial charge in [-0.1, -0.05) is 24.3 Å². The highest BCUT2D eigenvalue weighted by Gasteiger charge is 2.54. The van der Waals surface area contributed by atoms with Gasteiger partial charge < -0.3 is 19.6 Å². The van der Waals surface area contributed by atoms with E-state index in [1.165, 1.54) is 11.3 Å². The molecule has 5 rings (SSSR count). The highest BCUT2D eigenvalue weighted by Crippen LogP contribution is 2.39. The van der Waals surface area contributed by atoms with Crippen molar-refractivity contribution in [2.45, 2.75) is 37.6 Å². The molecule has 0 radical (unpaired) electrons. The molecule has 3 fully saturated rings. The Balaban J connectivity index is 1.35. The molecule has 0 unspecified atom stereocenters. The standard InChI is InChI=1S/C25H30N4O3S/c30-22(26-13-5-2-6-14-26)18-28-19-29(20-8-3-1-4-9-20)25(24(28)32)11-15-27(16-12-25)23(31)21-10-7-17-33-21/h1,3-4,7-10,17H,2,5-6,11-16,18-19H2. The molecule has 1 spiro atoms. The van der Waals surface area contributed by atoms with Gasteiger partial charge in [0.05, 0.1) is 11.5 Å². The number of rotatable bonds is 4. The Labute approximate surface area is 198 Å². The summed E-state index contributed by atoms with van der Waals surface area (Å²) in [5.74, 6) is 0.0899. The van der Waals surface area contributed by atoms with E-state index in [0.29, 0.717) is 32.6 Å². The predicted molar refractivity (Wildman–Crippen MR) is 128 cm³/mol. The molecule has 1 aromatic carbocycles. The van der Waals surface area contributed by atoms with Gasteiger partial charge in [0.1, 0.15) is 12.1 Å². The van der Waals surface area contributed by atoms with E-state index in [0.717, 1.165) is 42.9 Å². The van der Waals surface area contributed by atoms with Crippen LogP contribution in [0.15, 0.2) is 47.8 Å². The van der Waals surface area contributed by atoms with Crippen molar-refractivity contribution in [3.8, 4) is 0 Å². The van der Waals surface area contributed by atoms with E-state index in [1.807, 2.05) is 57.6 Å². The first kappa shape index (κ1) is 21.9. The minimum atomic E-state index is -0.713. The lowest BCUT2D eigenvalue weighted by Crippen LogP contribution is -2.57. The van der Waals surface area contributed by atoms with Crippen molar-refractivity contribution in [3.63, 3.8) is 0 Å². The summed E-state index contributed by atoms with van der Waals surface area (Å²) >= 11 is 1.45. The van der Waals surface area contributed by atoms with Gasteiger partial charge in [-0.05, 0) is 55.7 Å². The van der Waals surface area contributed by atoms with E-state index in [9.17, 15) is 14.4 Å². The molecule has 3 aliphatic heterocycles. The smallest absolute Gasteiger partial charge is 0.263 e. The third-order valence-corrected chi connectivity index (χ3v) is 8.08.